The first-order valence-corrected chi connectivity index (χ1v) is 9.97. The summed E-state index contributed by atoms with van der Waals surface area (Å²) in [6, 6.07) is 4.09. The molecule has 1 aliphatic heterocycles. The van der Waals surface area contributed by atoms with E-state index in [0.717, 1.165) is 25.3 Å². The Hall–Kier alpha value is -2.22. The van der Waals surface area contributed by atoms with Gasteiger partial charge in [-0.15, -0.1) is 0 Å². The maximum absolute atomic E-state index is 15.0. The van der Waals surface area contributed by atoms with E-state index >= 15 is 0 Å². The average molecular weight is 446 g/mol. The van der Waals surface area contributed by atoms with Crippen molar-refractivity contribution < 1.29 is 35.8 Å². The standard InChI is InChI=1S/C23H24F6O2/c1-12-5-6-20(30-11-12)16-7-13(2)21(14(3)8-16)23(28,29)31-17-9-18(22(25,26)27)15(4)19(24)10-17/h7-10,12,20H,5-6,11H2,1-4H3. The lowest BCUT2D eigenvalue weighted by molar-refractivity contribution is -0.187. The molecule has 2 atom stereocenters. The molecule has 0 aromatic heterocycles. The molecule has 2 aromatic rings. The molecule has 2 nitrogen and oxygen atoms in total. The lowest BCUT2D eigenvalue weighted by atomic mass is 9.91. The van der Waals surface area contributed by atoms with Gasteiger partial charge in [-0.1, -0.05) is 19.1 Å². The summed E-state index contributed by atoms with van der Waals surface area (Å²) in [4.78, 5) is 0. The van der Waals surface area contributed by atoms with Gasteiger partial charge in [0.25, 0.3) is 0 Å². The van der Waals surface area contributed by atoms with Crippen LogP contribution in [0.2, 0.25) is 0 Å². The minimum absolute atomic E-state index is 0.197. The van der Waals surface area contributed by atoms with E-state index in [-0.39, 0.29) is 17.2 Å². The van der Waals surface area contributed by atoms with E-state index < -0.39 is 40.5 Å². The maximum Gasteiger partial charge on any atom is 0.427 e. The second-order valence-corrected chi connectivity index (χ2v) is 8.23. The van der Waals surface area contributed by atoms with Crippen molar-refractivity contribution in [2.24, 2.45) is 5.92 Å². The van der Waals surface area contributed by atoms with Crippen LogP contribution < -0.4 is 4.74 Å². The van der Waals surface area contributed by atoms with Crippen molar-refractivity contribution in [2.75, 3.05) is 6.61 Å². The normalized spacial score (nSPS) is 20.1. The zero-order valence-corrected chi connectivity index (χ0v) is 17.7. The summed E-state index contributed by atoms with van der Waals surface area (Å²) < 4.78 is 93.7. The molecule has 0 spiro atoms. The number of hydrogen-bond acceptors (Lipinski definition) is 2. The second-order valence-electron chi connectivity index (χ2n) is 8.23. The topological polar surface area (TPSA) is 18.5 Å². The number of aryl methyl sites for hydroxylation is 2. The Bertz CT molecular complexity index is 936. The molecule has 3 rings (SSSR count). The summed E-state index contributed by atoms with van der Waals surface area (Å²) >= 11 is 0. The highest BCUT2D eigenvalue weighted by atomic mass is 19.4. The van der Waals surface area contributed by atoms with Crippen LogP contribution in [0.3, 0.4) is 0 Å². The van der Waals surface area contributed by atoms with Crippen molar-refractivity contribution in [3.8, 4) is 5.75 Å². The van der Waals surface area contributed by atoms with Gasteiger partial charge in [-0.2, -0.15) is 22.0 Å². The van der Waals surface area contributed by atoms with E-state index in [1.807, 2.05) is 0 Å². The Kier molecular flexibility index (Phi) is 6.33. The van der Waals surface area contributed by atoms with Crippen molar-refractivity contribution in [1.82, 2.24) is 0 Å². The zero-order valence-electron chi connectivity index (χ0n) is 17.7. The van der Waals surface area contributed by atoms with Gasteiger partial charge in [0.1, 0.15) is 11.6 Å². The van der Waals surface area contributed by atoms with Crippen molar-refractivity contribution >= 4 is 0 Å². The van der Waals surface area contributed by atoms with E-state index in [0.29, 0.717) is 24.7 Å². The van der Waals surface area contributed by atoms with E-state index in [4.69, 9.17) is 4.74 Å². The molecule has 31 heavy (non-hydrogen) atoms. The lowest BCUT2D eigenvalue weighted by Crippen LogP contribution is -2.25. The van der Waals surface area contributed by atoms with E-state index in [2.05, 4.69) is 11.7 Å². The fraction of sp³-hybridized carbons (Fsp3) is 0.478. The highest BCUT2D eigenvalue weighted by Gasteiger charge is 2.40. The molecule has 170 valence electrons. The molecule has 0 bridgehead atoms. The summed E-state index contributed by atoms with van der Waals surface area (Å²) in [6.07, 6.45) is -7.32. The largest absolute Gasteiger partial charge is 0.429 e. The first-order chi connectivity index (χ1) is 14.3. The van der Waals surface area contributed by atoms with Crippen LogP contribution in [0.15, 0.2) is 24.3 Å². The predicted molar refractivity (Wildman–Crippen MR) is 104 cm³/mol. The van der Waals surface area contributed by atoms with Gasteiger partial charge in [-0.25, -0.2) is 4.39 Å². The molecular weight excluding hydrogens is 422 g/mol. The molecule has 1 heterocycles. The number of halogens is 6. The van der Waals surface area contributed by atoms with Crippen molar-refractivity contribution in [2.45, 2.75) is 58.9 Å². The van der Waals surface area contributed by atoms with Gasteiger partial charge < -0.3 is 9.47 Å². The Morgan fingerprint density at radius 2 is 1.55 bits per heavy atom. The summed E-state index contributed by atoms with van der Waals surface area (Å²) in [7, 11) is 0. The second kappa shape index (κ2) is 8.37. The van der Waals surface area contributed by atoms with E-state index in [1.165, 1.54) is 13.8 Å². The van der Waals surface area contributed by atoms with Crippen LogP contribution in [-0.2, 0) is 17.0 Å². The first-order valence-electron chi connectivity index (χ1n) is 9.97. The van der Waals surface area contributed by atoms with Gasteiger partial charge >= 0.3 is 12.3 Å². The van der Waals surface area contributed by atoms with Gasteiger partial charge in [0.05, 0.1) is 17.2 Å². The van der Waals surface area contributed by atoms with E-state index in [1.54, 1.807) is 12.1 Å². The van der Waals surface area contributed by atoms with Crippen LogP contribution >= 0.6 is 0 Å². The summed E-state index contributed by atoms with van der Waals surface area (Å²) in [6.45, 7) is 6.55. The summed E-state index contributed by atoms with van der Waals surface area (Å²) in [5.41, 5.74) is -1.30. The van der Waals surface area contributed by atoms with Gasteiger partial charge in [-0.05, 0) is 67.9 Å². The average Bonchev–Trinajstić information content (AvgIpc) is 2.63. The van der Waals surface area contributed by atoms with Gasteiger partial charge in [-0.3, -0.25) is 0 Å². The van der Waals surface area contributed by atoms with Crippen LogP contribution in [0.1, 0.15) is 59.3 Å². The number of rotatable bonds is 4. The van der Waals surface area contributed by atoms with Crippen LogP contribution in [0, 0.1) is 32.5 Å². The number of alkyl halides is 5. The van der Waals surface area contributed by atoms with Crippen molar-refractivity contribution in [3.63, 3.8) is 0 Å². The lowest BCUT2D eigenvalue weighted by Gasteiger charge is -2.29. The van der Waals surface area contributed by atoms with Gasteiger partial charge in [0.2, 0.25) is 0 Å². The molecule has 1 fully saturated rings. The maximum atomic E-state index is 15.0. The van der Waals surface area contributed by atoms with Crippen molar-refractivity contribution in [3.05, 3.63) is 63.5 Å². The predicted octanol–water partition coefficient (Wildman–Crippen LogP) is 7.39. The number of hydrogen-bond donors (Lipinski definition) is 0. The Labute approximate surface area is 177 Å². The zero-order chi connectivity index (χ0) is 23.1. The Morgan fingerprint density at radius 1 is 0.935 bits per heavy atom. The van der Waals surface area contributed by atoms with Crippen LogP contribution in [0.5, 0.6) is 5.75 Å². The Balaban J connectivity index is 1.93. The highest BCUT2D eigenvalue weighted by Crippen LogP contribution is 2.41. The number of benzene rings is 2. The third kappa shape index (κ3) is 5.00. The fourth-order valence-electron chi connectivity index (χ4n) is 3.99. The minimum Gasteiger partial charge on any atom is -0.429 e. The van der Waals surface area contributed by atoms with E-state index in [9.17, 15) is 26.3 Å². The molecular formula is C23H24F6O2. The monoisotopic (exact) mass is 446 g/mol. The van der Waals surface area contributed by atoms with Gasteiger partial charge in [0, 0.05) is 12.7 Å². The molecule has 2 aromatic carbocycles. The van der Waals surface area contributed by atoms with Crippen LogP contribution in [0.4, 0.5) is 26.3 Å². The first kappa shape index (κ1) is 23.4. The molecule has 0 amide bonds. The van der Waals surface area contributed by atoms with Crippen LogP contribution in [0.25, 0.3) is 0 Å². The summed E-state index contributed by atoms with van der Waals surface area (Å²) in [5.74, 6) is -1.73. The van der Waals surface area contributed by atoms with Crippen molar-refractivity contribution in [1.29, 1.82) is 0 Å². The van der Waals surface area contributed by atoms with Gasteiger partial charge in [0.15, 0.2) is 0 Å². The molecule has 0 radical (unpaired) electrons. The molecule has 1 aliphatic rings. The SMILES string of the molecule is Cc1cc(C2CCC(C)CO2)cc(C)c1C(F)(F)Oc1cc(F)c(C)c(C(F)(F)F)c1. The third-order valence-corrected chi connectivity index (χ3v) is 5.59. The molecule has 1 saturated heterocycles. The smallest absolute Gasteiger partial charge is 0.427 e. The minimum atomic E-state index is -4.90. The molecule has 8 heteroatoms. The number of ether oxygens (including phenoxy) is 2. The third-order valence-electron chi connectivity index (χ3n) is 5.59. The Morgan fingerprint density at radius 3 is 2.06 bits per heavy atom. The fourth-order valence-corrected chi connectivity index (χ4v) is 3.99. The molecule has 2 unspecified atom stereocenters. The molecule has 0 saturated carbocycles. The molecule has 0 N–H and O–H groups in total. The van der Waals surface area contributed by atoms with Crippen LogP contribution in [-0.4, -0.2) is 6.61 Å². The summed E-state index contributed by atoms with van der Waals surface area (Å²) in [5, 5.41) is 0. The quantitative estimate of drug-likeness (QED) is 0.456. The highest BCUT2D eigenvalue weighted by molar-refractivity contribution is 5.43. The molecule has 0 aliphatic carbocycles.